The summed E-state index contributed by atoms with van der Waals surface area (Å²) in [6.45, 7) is -0.0886. The highest BCUT2D eigenvalue weighted by atomic mass is 32.2. The van der Waals surface area contributed by atoms with Crippen molar-refractivity contribution >= 4 is 16.0 Å². The van der Waals surface area contributed by atoms with Gasteiger partial charge in [0.25, 0.3) is 0 Å². The van der Waals surface area contributed by atoms with E-state index in [4.69, 9.17) is 10.2 Å². The molecule has 0 atom stereocenters. The zero-order chi connectivity index (χ0) is 14.3. The SMILES string of the molecule is O=C(O)CCCS(=O)(=O)N(CCO)C1CCCCC1. The first-order valence-electron chi connectivity index (χ1n) is 6.79. The van der Waals surface area contributed by atoms with Crippen molar-refractivity contribution in [3.05, 3.63) is 0 Å². The van der Waals surface area contributed by atoms with Gasteiger partial charge in [-0.15, -0.1) is 0 Å². The normalized spacial score (nSPS) is 17.8. The van der Waals surface area contributed by atoms with E-state index in [0.717, 1.165) is 32.1 Å². The van der Waals surface area contributed by atoms with Crippen LogP contribution in [0.25, 0.3) is 0 Å². The Labute approximate surface area is 114 Å². The van der Waals surface area contributed by atoms with Crippen LogP contribution in [0.4, 0.5) is 0 Å². The van der Waals surface area contributed by atoms with Crippen LogP contribution in [0, 0.1) is 0 Å². The molecule has 0 bridgehead atoms. The maximum absolute atomic E-state index is 12.2. The fraction of sp³-hybridized carbons (Fsp3) is 0.917. The summed E-state index contributed by atoms with van der Waals surface area (Å²) in [5.74, 6) is -1.14. The van der Waals surface area contributed by atoms with Gasteiger partial charge in [-0.2, -0.15) is 4.31 Å². The van der Waals surface area contributed by atoms with E-state index in [2.05, 4.69) is 0 Å². The smallest absolute Gasteiger partial charge is 0.303 e. The molecule has 0 heterocycles. The van der Waals surface area contributed by atoms with E-state index in [-0.39, 0.29) is 37.8 Å². The van der Waals surface area contributed by atoms with Gasteiger partial charge in [-0.05, 0) is 19.3 Å². The lowest BCUT2D eigenvalue weighted by Crippen LogP contribution is -2.44. The second-order valence-corrected chi connectivity index (χ2v) is 6.98. The van der Waals surface area contributed by atoms with Crippen molar-refractivity contribution in [2.75, 3.05) is 18.9 Å². The first-order chi connectivity index (χ1) is 8.97. The fourth-order valence-corrected chi connectivity index (χ4v) is 4.31. The summed E-state index contributed by atoms with van der Waals surface area (Å²) in [5.41, 5.74) is 0. The molecule has 1 saturated carbocycles. The largest absolute Gasteiger partial charge is 0.481 e. The van der Waals surface area contributed by atoms with Gasteiger partial charge in [0, 0.05) is 19.0 Å². The molecule has 1 aliphatic carbocycles. The molecule has 19 heavy (non-hydrogen) atoms. The van der Waals surface area contributed by atoms with E-state index in [1.807, 2.05) is 0 Å². The average Bonchev–Trinajstić information content (AvgIpc) is 2.36. The predicted octanol–water partition coefficient (Wildman–Crippen LogP) is 0.808. The summed E-state index contributed by atoms with van der Waals surface area (Å²) in [4.78, 5) is 10.4. The highest BCUT2D eigenvalue weighted by Crippen LogP contribution is 2.25. The Morgan fingerprint density at radius 3 is 2.37 bits per heavy atom. The zero-order valence-electron chi connectivity index (χ0n) is 11.1. The van der Waals surface area contributed by atoms with Crippen molar-refractivity contribution < 1.29 is 23.4 Å². The molecular weight excluding hydrogens is 270 g/mol. The lowest BCUT2D eigenvalue weighted by molar-refractivity contribution is -0.137. The van der Waals surface area contributed by atoms with Gasteiger partial charge in [-0.3, -0.25) is 4.79 Å². The van der Waals surface area contributed by atoms with Gasteiger partial charge >= 0.3 is 5.97 Å². The molecule has 1 aliphatic rings. The minimum absolute atomic E-state index is 0.0317. The van der Waals surface area contributed by atoms with E-state index < -0.39 is 16.0 Å². The Kier molecular flexibility index (Phi) is 6.74. The molecule has 0 radical (unpaired) electrons. The van der Waals surface area contributed by atoms with Crippen LogP contribution in [0.3, 0.4) is 0 Å². The molecule has 1 rings (SSSR count). The van der Waals surface area contributed by atoms with Gasteiger partial charge in [0.1, 0.15) is 0 Å². The van der Waals surface area contributed by atoms with E-state index in [1.54, 1.807) is 0 Å². The molecule has 0 aromatic carbocycles. The van der Waals surface area contributed by atoms with Gasteiger partial charge in [0.15, 0.2) is 0 Å². The Morgan fingerprint density at radius 1 is 1.21 bits per heavy atom. The number of carboxylic acid groups (broad SMARTS) is 1. The monoisotopic (exact) mass is 293 g/mol. The quantitative estimate of drug-likeness (QED) is 0.690. The van der Waals surface area contributed by atoms with Gasteiger partial charge in [0.05, 0.1) is 12.4 Å². The number of sulfonamides is 1. The second-order valence-electron chi connectivity index (χ2n) is 4.94. The van der Waals surface area contributed by atoms with Crippen molar-refractivity contribution in [1.29, 1.82) is 0 Å². The average molecular weight is 293 g/mol. The summed E-state index contributed by atoms with van der Waals surface area (Å²) in [6, 6.07) is -0.0317. The number of aliphatic carboxylic acids is 1. The molecule has 0 spiro atoms. The topological polar surface area (TPSA) is 94.9 Å². The molecule has 0 aromatic heterocycles. The summed E-state index contributed by atoms with van der Waals surface area (Å²) >= 11 is 0. The van der Waals surface area contributed by atoms with Crippen molar-refractivity contribution in [1.82, 2.24) is 4.31 Å². The number of carbonyl (C=O) groups is 1. The molecule has 0 aliphatic heterocycles. The van der Waals surface area contributed by atoms with E-state index in [9.17, 15) is 13.2 Å². The molecule has 2 N–H and O–H groups in total. The standard InChI is InChI=1S/C12H23NO5S/c14-9-8-13(11-5-2-1-3-6-11)19(17,18)10-4-7-12(15)16/h11,14H,1-10H2,(H,15,16). The highest BCUT2D eigenvalue weighted by molar-refractivity contribution is 7.89. The molecule has 112 valence electrons. The highest BCUT2D eigenvalue weighted by Gasteiger charge is 2.30. The minimum atomic E-state index is -3.47. The lowest BCUT2D eigenvalue weighted by atomic mass is 9.95. The molecule has 6 nitrogen and oxygen atoms in total. The summed E-state index contributed by atoms with van der Waals surface area (Å²) in [7, 11) is -3.47. The number of hydrogen-bond donors (Lipinski definition) is 2. The number of hydrogen-bond acceptors (Lipinski definition) is 4. The Hall–Kier alpha value is -0.660. The number of nitrogens with zero attached hydrogens (tertiary/aromatic N) is 1. The Bertz CT molecular complexity index is 376. The Balaban J connectivity index is 2.64. The van der Waals surface area contributed by atoms with Crippen LogP contribution in [0.1, 0.15) is 44.9 Å². The van der Waals surface area contributed by atoms with Crippen LogP contribution in [0.2, 0.25) is 0 Å². The first kappa shape index (κ1) is 16.4. The van der Waals surface area contributed by atoms with Crippen LogP contribution in [-0.4, -0.2) is 53.9 Å². The van der Waals surface area contributed by atoms with Gasteiger partial charge in [-0.25, -0.2) is 8.42 Å². The maximum Gasteiger partial charge on any atom is 0.303 e. The van der Waals surface area contributed by atoms with Crippen LogP contribution < -0.4 is 0 Å². The Morgan fingerprint density at radius 2 is 1.84 bits per heavy atom. The van der Waals surface area contributed by atoms with Crippen LogP contribution >= 0.6 is 0 Å². The van der Waals surface area contributed by atoms with Crippen LogP contribution in [0.5, 0.6) is 0 Å². The minimum Gasteiger partial charge on any atom is -0.481 e. The third-order valence-electron chi connectivity index (χ3n) is 3.45. The van der Waals surface area contributed by atoms with Crippen molar-refractivity contribution in [3.63, 3.8) is 0 Å². The summed E-state index contributed by atoms with van der Waals surface area (Å²) < 4.78 is 25.8. The lowest BCUT2D eigenvalue weighted by Gasteiger charge is -2.33. The molecule has 1 fully saturated rings. The fourth-order valence-electron chi connectivity index (χ4n) is 2.54. The molecular formula is C12H23NO5S. The molecule has 0 aromatic rings. The van der Waals surface area contributed by atoms with Crippen LogP contribution in [-0.2, 0) is 14.8 Å². The van der Waals surface area contributed by atoms with Crippen LogP contribution in [0.15, 0.2) is 0 Å². The maximum atomic E-state index is 12.2. The van der Waals surface area contributed by atoms with Crippen molar-refractivity contribution in [3.8, 4) is 0 Å². The van der Waals surface area contributed by atoms with Crippen molar-refractivity contribution in [2.45, 2.75) is 51.0 Å². The molecule has 0 saturated heterocycles. The number of aliphatic hydroxyl groups excluding tert-OH is 1. The number of aliphatic hydroxyl groups is 1. The van der Waals surface area contributed by atoms with E-state index >= 15 is 0 Å². The van der Waals surface area contributed by atoms with Gasteiger partial charge < -0.3 is 10.2 Å². The zero-order valence-corrected chi connectivity index (χ0v) is 11.9. The second kappa shape index (κ2) is 7.81. The summed E-state index contributed by atoms with van der Waals surface area (Å²) in [6.07, 6.45) is 4.79. The third-order valence-corrected chi connectivity index (χ3v) is 5.45. The van der Waals surface area contributed by atoms with Crippen molar-refractivity contribution in [2.24, 2.45) is 0 Å². The van der Waals surface area contributed by atoms with E-state index in [1.165, 1.54) is 4.31 Å². The summed E-state index contributed by atoms with van der Waals surface area (Å²) in [5, 5.41) is 17.6. The van der Waals surface area contributed by atoms with E-state index in [0.29, 0.717) is 0 Å². The third kappa shape index (κ3) is 5.46. The molecule has 7 heteroatoms. The molecule has 0 amide bonds. The predicted molar refractivity (Wildman–Crippen MR) is 71.3 cm³/mol. The first-order valence-corrected chi connectivity index (χ1v) is 8.40. The van der Waals surface area contributed by atoms with Gasteiger partial charge in [0.2, 0.25) is 10.0 Å². The number of rotatable bonds is 8. The molecule has 0 unspecified atom stereocenters. The van der Waals surface area contributed by atoms with Gasteiger partial charge in [-0.1, -0.05) is 19.3 Å². The number of carboxylic acids is 1.